The zero-order valence-corrected chi connectivity index (χ0v) is 19.6. The van der Waals surface area contributed by atoms with Crippen LogP contribution in [-0.2, 0) is 38.8 Å². The topological polar surface area (TPSA) is 48.0 Å². The SMILES string of the molecule is O=C(N1C[C@@H](OCc2ccccc2)[C@H](OCc2ccccc2)[C@H]1COCc1ccccc1)C(F)(F)F. The number of likely N-dealkylation sites (tertiary alicyclic amines) is 1. The van der Waals surface area contributed by atoms with Gasteiger partial charge in [-0.2, -0.15) is 13.2 Å². The van der Waals surface area contributed by atoms with Crippen LogP contribution in [0.2, 0.25) is 0 Å². The third kappa shape index (κ3) is 6.94. The molecule has 4 rings (SSSR count). The molecule has 0 N–H and O–H groups in total. The maximum absolute atomic E-state index is 13.5. The van der Waals surface area contributed by atoms with Crippen LogP contribution in [0, 0.1) is 0 Å². The summed E-state index contributed by atoms with van der Waals surface area (Å²) in [5.74, 6) is -1.92. The summed E-state index contributed by atoms with van der Waals surface area (Å²) in [4.78, 5) is 13.2. The summed E-state index contributed by atoms with van der Waals surface area (Å²) in [5.41, 5.74) is 2.61. The minimum atomic E-state index is -5.02. The average Bonchev–Trinajstić information content (AvgIpc) is 3.24. The van der Waals surface area contributed by atoms with Crippen LogP contribution in [0.3, 0.4) is 0 Å². The van der Waals surface area contributed by atoms with Gasteiger partial charge in [0.2, 0.25) is 0 Å². The highest BCUT2D eigenvalue weighted by Gasteiger charge is 2.52. The second kappa shape index (κ2) is 12.2. The lowest BCUT2D eigenvalue weighted by Gasteiger charge is -2.29. The number of benzene rings is 3. The van der Waals surface area contributed by atoms with Crippen molar-refractivity contribution in [3.63, 3.8) is 0 Å². The number of hydrogen-bond donors (Lipinski definition) is 0. The molecule has 0 saturated carbocycles. The summed E-state index contributed by atoms with van der Waals surface area (Å²) < 4.78 is 58.5. The van der Waals surface area contributed by atoms with Crippen molar-refractivity contribution in [2.45, 2.75) is 44.2 Å². The number of amides is 1. The van der Waals surface area contributed by atoms with Crippen molar-refractivity contribution in [2.24, 2.45) is 0 Å². The quantitative estimate of drug-likeness (QED) is 0.387. The molecule has 0 unspecified atom stereocenters. The molecule has 8 heteroatoms. The van der Waals surface area contributed by atoms with Gasteiger partial charge in [-0.15, -0.1) is 0 Å². The van der Waals surface area contributed by atoms with Gasteiger partial charge in [0.15, 0.2) is 0 Å². The van der Waals surface area contributed by atoms with E-state index in [1.54, 1.807) is 0 Å². The van der Waals surface area contributed by atoms with E-state index >= 15 is 0 Å². The van der Waals surface area contributed by atoms with Gasteiger partial charge in [0.05, 0.1) is 39.0 Å². The van der Waals surface area contributed by atoms with Crippen LogP contribution in [0.25, 0.3) is 0 Å². The Morgan fingerprint density at radius 2 is 1.22 bits per heavy atom. The van der Waals surface area contributed by atoms with E-state index in [9.17, 15) is 18.0 Å². The molecule has 1 saturated heterocycles. The van der Waals surface area contributed by atoms with Crippen LogP contribution in [-0.4, -0.2) is 48.4 Å². The summed E-state index contributed by atoms with van der Waals surface area (Å²) in [7, 11) is 0. The molecule has 0 aliphatic carbocycles. The van der Waals surface area contributed by atoms with Crippen LogP contribution in [0.15, 0.2) is 91.0 Å². The smallest absolute Gasteiger partial charge is 0.375 e. The lowest BCUT2D eigenvalue weighted by Crippen LogP contribution is -2.48. The summed E-state index contributed by atoms with van der Waals surface area (Å²) in [5, 5.41) is 0. The van der Waals surface area contributed by atoms with Gasteiger partial charge in [-0.25, -0.2) is 0 Å². The molecule has 1 aliphatic heterocycles. The van der Waals surface area contributed by atoms with E-state index in [4.69, 9.17) is 14.2 Å². The number of ether oxygens (including phenoxy) is 3. The molecule has 0 radical (unpaired) electrons. The molecule has 1 aliphatic rings. The molecule has 1 fully saturated rings. The third-order valence-corrected chi connectivity index (χ3v) is 6.02. The fourth-order valence-corrected chi connectivity index (χ4v) is 4.22. The first-order valence-electron chi connectivity index (χ1n) is 11.7. The van der Waals surface area contributed by atoms with Crippen molar-refractivity contribution >= 4 is 5.91 Å². The van der Waals surface area contributed by atoms with Crippen LogP contribution in [0.4, 0.5) is 13.2 Å². The Morgan fingerprint density at radius 1 is 0.750 bits per heavy atom. The molecule has 3 aromatic carbocycles. The van der Waals surface area contributed by atoms with Gasteiger partial charge in [-0.3, -0.25) is 4.79 Å². The molecule has 36 heavy (non-hydrogen) atoms. The van der Waals surface area contributed by atoms with E-state index in [1.807, 2.05) is 91.0 Å². The Morgan fingerprint density at radius 3 is 1.72 bits per heavy atom. The second-order valence-electron chi connectivity index (χ2n) is 8.62. The van der Waals surface area contributed by atoms with Crippen molar-refractivity contribution in [2.75, 3.05) is 13.2 Å². The van der Waals surface area contributed by atoms with Gasteiger partial charge in [0.1, 0.15) is 12.2 Å². The molecule has 0 spiro atoms. The summed E-state index contributed by atoms with van der Waals surface area (Å²) in [6.07, 6.45) is -6.59. The zero-order valence-electron chi connectivity index (χ0n) is 19.6. The standard InChI is InChI=1S/C28H28F3NO4/c29-28(30,31)27(33)32-16-25(35-18-22-12-6-2-7-13-22)26(36-19-23-14-8-3-9-15-23)24(32)20-34-17-21-10-4-1-5-11-21/h1-15,24-26H,16-20H2/t24-,25-,26-/m1/s1. The Hall–Kier alpha value is -3.20. The highest BCUT2D eigenvalue weighted by molar-refractivity contribution is 5.82. The van der Waals surface area contributed by atoms with Gasteiger partial charge >= 0.3 is 12.1 Å². The fraction of sp³-hybridized carbons (Fsp3) is 0.321. The number of nitrogens with zero attached hydrogens (tertiary/aromatic N) is 1. The highest BCUT2D eigenvalue weighted by Crippen LogP contribution is 2.31. The van der Waals surface area contributed by atoms with Gasteiger partial charge in [-0.1, -0.05) is 91.0 Å². The summed E-state index contributed by atoms with van der Waals surface area (Å²) in [6.45, 7) is 0.181. The van der Waals surface area contributed by atoms with Crippen LogP contribution in [0.5, 0.6) is 0 Å². The first-order valence-corrected chi connectivity index (χ1v) is 11.7. The lowest BCUT2D eigenvalue weighted by molar-refractivity contribution is -0.188. The van der Waals surface area contributed by atoms with Crippen LogP contribution in [0.1, 0.15) is 16.7 Å². The minimum absolute atomic E-state index is 0.124. The first-order chi connectivity index (χ1) is 17.4. The van der Waals surface area contributed by atoms with Crippen molar-refractivity contribution in [1.29, 1.82) is 0 Å². The fourth-order valence-electron chi connectivity index (χ4n) is 4.22. The Bertz CT molecular complexity index is 1080. The van der Waals surface area contributed by atoms with E-state index < -0.39 is 30.3 Å². The van der Waals surface area contributed by atoms with Gasteiger partial charge in [0.25, 0.3) is 0 Å². The largest absolute Gasteiger partial charge is 0.471 e. The van der Waals surface area contributed by atoms with Crippen molar-refractivity contribution in [1.82, 2.24) is 4.90 Å². The third-order valence-electron chi connectivity index (χ3n) is 6.02. The summed E-state index contributed by atoms with van der Waals surface area (Å²) in [6, 6.07) is 27.0. The molecule has 0 bridgehead atoms. The monoisotopic (exact) mass is 499 g/mol. The average molecular weight is 500 g/mol. The number of halogens is 3. The number of alkyl halides is 3. The lowest BCUT2D eigenvalue weighted by atomic mass is 10.1. The predicted molar refractivity (Wildman–Crippen MR) is 128 cm³/mol. The van der Waals surface area contributed by atoms with Crippen LogP contribution < -0.4 is 0 Å². The van der Waals surface area contributed by atoms with Gasteiger partial charge in [-0.05, 0) is 16.7 Å². The number of hydrogen-bond acceptors (Lipinski definition) is 4. The number of rotatable bonds is 10. The van der Waals surface area contributed by atoms with E-state index in [2.05, 4.69) is 0 Å². The van der Waals surface area contributed by atoms with E-state index in [-0.39, 0.29) is 33.0 Å². The van der Waals surface area contributed by atoms with Crippen molar-refractivity contribution < 1.29 is 32.2 Å². The molecular formula is C28H28F3NO4. The molecular weight excluding hydrogens is 471 g/mol. The van der Waals surface area contributed by atoms with Crippen LogP contribution >= 0.6 is 0 Å². The predicted octanol–water partition coefficient (Wildman–Crippen LogP) is 5.15. The van der Waals surface area contributed by atoms with Crippen molar-refractivity contribution in [3.05, 3.63) is 108 Å². The van der Waals surface area contributed by atoms with Gasteiger partial charge < -0.3 is 19.1 Å². The molecule has 3 aromatic rings. The maximum atomic E-state index is 13.5. The van der Waals surface area contributed by atoms with E-state index in [0.29, 0.717) is 0 Å². The highest BCUT2D eigenvalue weighted by atomic mass is 19.4. The Kier molecular flexibility index (Phi) is 8.74. The normalized spacial score (nSPS) is 20.0. The molecule has 190 valence electrons. The minimum Gasteiger partial charge on any atom is -0.375 e. The van der Waals surface area contributed by atoms with E-state index in [1.165, 1.54) is 0 Å². The van der Waals surface area contributed by atoms with Gasteiger partial charge in [0, 0.05) is 0 Å². The first kappa shape index (κ1) is 25.9. The van der Waals surface area contributed by atoms with E-state index in [0.717, 1.165) is 21.6 Å². The molecule has 5 nitrogen and oxygen atoms in total. The molecule has 1 amide bonds. The zero-order chi connectivity index (χ0) is 25.4. The molecule has 3 atom stereocenters. The maximum Gasteiger partial charge on any atom is 0.471 e. The number of carbonyl (C=O) groups excluding carboxylic acids is 1. The molecule has 0 aromatic heterocycles. The summed E-state index contributed by atoms with van der Waals surface area (Å²) >= 11 is 0. The Balaban J connectivity index is 1.53. The van der Waals surface area contributed by atoms with Crippen molar-refractivity contribution in [3.8, 4) is 0 Å². The Labute approximate surface area is 208 Å². The number of carbonyl (C=O) groups is 1. The molecule has 1 heterocycles. The second-order valence-corrected chi connectivity index (χ2v) is 8.62.